The van der Waals surface area contributed by atoms with Crippen LogP contribution in [0.3, 0.4) is 0 Å². The summed E-state index contributed by atoms with van der Waals surface area (Å²) in [5, 5.41) is 7.57. The van der Waals surface area contributed by atoms with Gasteiger partial charge >= 0.3 is 0 Å². The number of rotatable bonds is 6. The monoisotopic (exact) mass is 259 g/mol. The molecule has 0 saturated heterocycles. The van der Waals surface area contributed by atoms with Crippen molar-refractivity contribution in [3.63, 3.8) is 0 Å². The van der Waals surface area contributed by atoms with Gasteiger partial charge in [-0.25, -0.2) is 0 Å². The molecule has 1 atom stereocenters. The largest absolute Gasteiger partial charge is 0.487 e. The van der Waals surface area contributed by atoms with E-state index in [1.165, 1.54) is 5.56 Å². The van der Waals surface area contributed by atoms with E-state index in [1.807, 2.05) is 38.5 Å². The van der Waals surface area contributed by atoms with Gasteiger partial charge in [-0.3, -0.25) is 4.68 Å². The van der Waals surface area contributed by atoms with Gasteiger partial charge in [-0.05, 0) is 37.2 Å². The van der Waals surface area contributed by atoms with Crippen LogP contribution >= 0.6 is 0 Å². The van der Waals surface area contributed by atoms with Crippen LogP contribution in [0.15, 0.2) is 36.5 Å². The Kier molecular flexibility index (Phi) is 4.58. The topological polar surface area (TPSA) is 39.1 Å². The Morgan fingerprint density at radius 3 is 2.53 bits per heavy atom. The Labute approximate surface area is 114 Å². The normalized spacial score (nSPS) is 12.4. The minimum absolute atomic E-state index is 0.407. The third-order valence-corrected chi connectivity index (χ3v) is 3.19. The number of hydrogen-bond donors (Lipinski definition) is 1. The molecular formula is C15H21N3O. The summed E-state index contributed by atoms with van der Waals surface area (Å²) in [6.07, 6.45) is 2.99. The molecule has 2 aromatic rings. The predicted octanol–water partition coefficient (Wildman–Crippen LogP) is 2.67. The second kappa shape index (κ2) is 6.38. The highest BCUT2D eigenvalue weighted by Gasteiger charge is 2.06. The Morgan fingerprint density at radius 1 is 1.26 bits per heavy atom. The second-order valence-electron chi connectivity index (χ2n) is 4.59. The van der Waals surface area contributed by atoms with Gasteiger partial charge in [-0.1, -0.05) is 19.1 Å². The van der Waals surface area contributed by atoms with Crippen molar-refractivity contribution in [2.75, 3.05) is 7.05 Å². The number of hydrogen-bond acceptors (Lipinski definition) is 3. The van der Waals surface area contributed by atoms with E-state index in [0.717, 1.165) is 17.9 Å². The first kappa shape index (κ1) is 13.6. The zero-order valence-electron chi connectivity index (χ0n) is 11.8. The summed E-state index contributed by atoms with van der Waals surface area (Å²) < 4.78 is 7.49. The lowest BCUT2D eigenvalue weighted by Gasteiger charge is -2.14. The Morgan fingerprint density at radius 2 is 2.00 bits per heavy atom. The van der Waals surface area contributed by atoms with Crippen molar-refractivity contribution in [2.24, 2.45) is 7.05 Å². The molecule has 0 radical (unpaired) electrons. The zero-order valence-corrected chi connectivity index (χ0v) is 11.8. The first-order valence-corrected chi connectivity index (χ1v) is 6.61. The minimum Gasteiger partial charge on any atom is -0.487 e. The molecular weight excluding hydrogens is 238 g/mol. The van der Waals surface area contributed by atoms with E-state index >= 15 is 0 Å². The number of aromatic nitrogens is 2. The quantitative estimate of drug-likeness (QED) is 0.867. The third-order valence-electron chi connectivity index (χ3n) is 3.19. The number of nitrogens with zero attached hydrogens (tertiary/aromatic N) is 2. The molecule has 0 bridgehead atoms. The number of benzene rings is 1. The highest BCUT2D eigenvalue weighted by atomic mass is 16.5. The molecule has 1 aromatic carbocycles. The van der Waals surface area contributed by atoms with Gasteiger partial charge in [0.15, 0.2) is 0 Å². The van der Waals surface area contributed by atoms with Crippen molar-refractivity contribution in [1.82, 2.24) is 15.1 Å². The van der Waals surface area contributed by atoms with Crippen LogP contribution in [0.5, 0.6) is 5.75 Å². The van der Waals surface area contributed by atoms with E-state index in [-0.39, 0.29) is 0 Å². The molecule has 0 spiro atoms. The highest BCUT2D eigenvalue weighted by Crippen LogP contribution is 2.20. The average molecular weight is 259 g/mol. The fraction of sp³-hybridized carbons (Fsp3) is 0.400. The molecule has 0 aliphatic carbocycles. The first-order chi connectivity index (χ1) is 9.22. The molecule has 1 N–H and O–H groups in total. The van der Waals surface area contributed by atoms with Crippen molar-refractivity contribution >= 4 is 0 Å². The first-order valence-electron chi connectivity index (χ1n) is 6.61. The van der Waals surface area contributed by atoms with Crippen molar-refractivity contribution in [2.45, 2.75) is 26.0 Å². The average Bonchev–Trinajstić information content (AvgIpc) is 2.85. The van der Waals surface area contributed by atoms with E-state index in [1.54, 1.807) is 4.68 Å². The van der Waals surface area contributed by atoms with Gasteiger partial charge in [-0.2, -0.15) is 5.10 Å². The van der Waals surface area contributed by atoms with Crippen LogP contribution in [-0.4, -0.2) is 16.8 Å². The van der Waals surface area contributed by atoms with Crippen LogP contribution in [0.2, 0.25) is 0 Å². The van der Waals surface area contributed by atoms with Gasteiger partial charge in [0.05, 0.1) is 5.69 Å². The molecule has 1 unspecified atom stereocenters. The van der Waals surface area contributed by atoms with Gasteiger partial charge in [0, 0.05) is 19.3 Å². The minimum atomic E-state index is 0.407. The lowest BCUT2D eigenvalue weighted by Crippen LogP contribution is -2.14. The van der Waals surface area contributed by atoms with Gasteiger partial charge in [-0.15, -0.1) is 0 Å². The van der Waals surface area contributed by atoms with Crippen molar-refractivity contribution < 1.29 is 4.74 Å². The van der Waals surface area contributed by atoms with Crippen LogP contribution in [0.4, 0.5) is 0 Å². The summed E-state index contributed by atoms with van der Waals surface area (Å²) in [7, 11) is 3.89. The number of ether oxygens (including phenoxy) is 1. The maximum Gasteiger partial charge on any atom is 0.132 e. The molecule has 0 aliphatic rings. The standard InChI is InChI=1S/C15H21N3O/c1-4-15(16-2)12-5-7-14(8-6-12)19-11-13-9-10-18(3)17-13/h5-10,15-16H,4,11H2,1-3H3. The lowest BCUT2D eigenvalue weighted by atomic mass is 10.1. The summed E-state index contributed by atoms with van der Waals surface area (Å²) in [6.45, 7) is 2.68. The summed E-state index contributed by atoms with van der Waals surface area (Å²) in [5.74, 6) is 0.875. The Balaban J connectivity index is 1.95. The summed E-state index contributed by atoms with van der Waals surface area (Å²) in [5.41, 5.74) is 2.23. The molecule has 4 nitrogen and oxygen atoms in total. The van der Waals surface area contributed by atoms with Gasteiger partial charge in [0.2, 0.25) is 0 Å². The second-order valence-corrected chi connectivity index (χ2v) is 4.59. The molecule has 0 saturated carbocycles. The molecule has 2 rings (SSSR count). The van der Waals surface area contributed by atoms with E-state index in [2.05, 4.69) is 29.5 Å². The Bertz CT molecular complexity index is 500. The molecule has 19 heavy (non-hydrogen) atoms. The summed E-state index contributed by atoms with van der Waals surface area (Å²) in [6, 6.07) is 10.6. The molecule has 0 aliphatic heterocycles. The maximum absolute atomic E-state index is 5.71. The molecule has 1 heterocycles. The summed E-state index contributed by atoms with van der Waals surface area (Å²) >= 11 is 0. The third kappa shape index (κ3) is 3.58. The van der Waals surface area contributed by atoms with E-state index in [9.17, 15) is 0 Å². The van der Waals surface area contributed by atoms with E-state index < -0.39 is 0 Å². The molecule has 1 aromatic heterocycles. The number of aryl methyl sites for hydroxylation is 1. The van der Waals surface area contributed by atoms with Crippen LogP contribution < -0.4 is 10.1 Å². The van der Waals surface area contributed by atoms with Crippen molar-refractivity contribution in [3.8, 4) is 5.75 Å². The van der Waals surface area contributed by atoms with E-state index in [0.29, 0.717) is 12.6 Å². The molecule has 0 amide bonds. The Hall–Kier alpha value is -1.81. The molecule has 102 valence electrons. The lowest BCUT2D eigenvalue weighted by molar-refractivity contribution is 0.300. The van der Waals surface area contributed by atoms with Gasteiger partial charge in [0.25, 0.3) is 0 Å². The maximum atomic E-state index is 5.71. The summed E-state index contributed by atoms with van der Waals surface area (Å²) in [4.78, 5) is 0. The van der Waals surface area contributed by atoms with Crippen molar-refractivity contribution in [1.29, 1.82) is 0 Å². The van der Waals surface area contributed by atoms with Gasteiger partial charge in [0.1, 0.15) is 12.4 Å². The van der Waals surface area contributed by atoms with Crippen molar-refractivity contribution in [3.05, 3.63) is 47.8 Å². The van der Waals surface area contributed by atoms with Gasteiger partial charge < -0.3 is 10.1 Å². The molecule has 4 heteroatoms. The van der Waals surface area contributed by atoms with Crippen LogP contribution in [0, 0.1) is 0 Å². The van der Waals surface area contributed by atoms with Crippen LogP contribution in [0.25, 0.3) is 0 Å². The SMILES string of the molecule is CCC(NC)c1ccc(OCc2ccn(C)n2)cc1. The van der Waals surface area contributed by atoms with E-state index in [4.69, 9.17) is 4.74 Å². The molecule has 0 fully saturated rings. The predicted molar refractivity (Wildman–Crippen MR) is 76.1 cm³/mol. The highest BCUT2D eigenvalue weighted by molar-refractivity contribution is 5.29. The number of nitrogens with one attached hydrogen (secondary N) is 1. The fourth-order valence-electron chi connectivity index (χ4n) is 2.10. The zero-order chi connectivity index (χ0) is 13.7. The van der Waals surface area contributed by atoms with Crippen LogP contribution in [0.1, 0.15) is 30.6 Å². The van der Waals surface area contributed by atoms with Crippen LogP contribution in [-0.2, 0) is 13.7 Å². The fourth-order valence-corrected chi connectivity index (χ4v) is 2.10. The smallest absolute Gasteiger partial charge is 0.132 e.